The monoisotopic (exact) mass is 251 g/mol. The number of hydrogen-bond acceptors (Lipinski definition) is 1. The van der Waals surface area contributed by atoms with Crippen molar-refractivity contribution in [1.29, 1.82) is 0 Å². The minimum absolute atomic E-state index is 0.344. The van der Waals surface area contributed by atoms with E-state index in [-0.39, 0.29) is 0 Å². The molecule has 0 fully saturated rings. The molecule has 1 atom stereocenters. The average molecular weight is 251 g/mol. The van der Waals surface area contributed by atoms with Gasteiger partial charge in [0.25, 0.3) is 0 Å². The van der Waals surface area contributed by atoms with Gasteiger partial charge in [-0.3, -0.25) is 0 Å². The molecule has 0 saturated heterocycles. The molecule has 2 aromatic rings. The highest BCUT2D eigenvalue weighted by atomic mass is 14.9. The summed E-state index contributed by atoms with van der Waals surface area (Å²) < 4.78 is 0. The number of benzene rings is 2. The van der Waals surface area contributed by atoms with Crippen molar-refractivity contribution < 1.29 is 0 Å². The second-order valence-electron chi connectivity index (χ2n) is 5.48. The topological polar surface area (TPSA) is 12.0 Å². The largest absolute Gasteiger partial charge is 0.304 e. The van der Waals surface area contributed by atoms with Gasteiger partial charge in [-0.1, -0.05) is 55.5 Å². The van der Waals surface area contributed by atoms with Crippen molar-refractivity contribution in [3.05, 3.63) is 70.8 Å². The fourth-order valence-corrected chi connectivity index (χ4v) is 2.91. The Morgan fingerprint density at radius 1 is 1.00 bits per heavy atom. The minimum Gasteiger partial charge on any atom is -0.304 e. The maximum Gasteiger partial charge on any atom is 0.0584 e. The maximum absolute atomic E-state index is 3.78. The summed E-state index contributed by atoms with van der Waals surface area (Å²) in [7, 11) is 0. The van der Waals surface area contributed by atoms with Gasteiger partial charge < -0.3 is 5.32 Å². The quantitative estimate of drug-likeness (QED) is 0.867. The molecule has 2 aromatic carbocycles. The van der Waals surface area contributed by atoms with Gasteiger partial charge in [-0.15, -0.1) is 0 Å². The van der Waals surface area contributed by atoms with Crippen LogP contribution in [-0.4, -0.2) is 6.04 Å². The Bertz CT molecular complexity index is 528. The third-order valence-electron chi connectivity index (χ3n) is 4.18. The van der Waals surface area contributed by atoms with Crippen LogP contribution in [0, 0.1) is 0 Å². The molecule has 0 aromatic heterocycles. The number of fused-ring (bicyclic) bond motifs is 2. The van der Waals surface area contributed by atoms with E-state index in [4.69, 9.17) is 0 Å². The Labute approximate surface area is 115 Å². The summed E-state index contributed by atoms with van der Waals surface area (Å²) in [5.74, 6) is 0. The van der Waals surface area contributed by atoms with Gasteiger partial charge in [-0.25, -0.2) is 0 Å². The van der Waals surface area contributed by atoms with Crippen molar-refractivity contribution in [2.75, 3.05) is 0 Å². The Kier molecular flexibility index (Phi) is 3.39. The first kappa shape index (κ1) is 12.4. The zero-order valence-electron chi connectivity index (χ0n) is 11.7. The molecule has 0 bridgehead atoms. The molecule has 1 aliphatic rings. The molecule has 98 valence electrons. The van der Waals surface area contributed by atoms with E-state index in [1.807, 2.05) is 0 Å². The lowest BCUT2D eigenvalue weighted by molar-refractivity contribution is 0.480. The van der Waals surface area contributed by atoms with Crippen LogP contribution in [0.15, 0.2) is 48.5 Å². The predicted octanol–water partition coefficient (Wildman–Crippen LogP) is 4.07. The molecule has 1 aliphatic carbocycles. The van der Waals surface area contributed by atoms with Gasteiger partial charge in [0.05, 0.1) is 6.04 Å². The Morgan fingerprint density at radius 3 is 2.05 bits per heavy atom. The molecule has 0 aliphatic heterocycles. The van der Waals surface area contributed by atoms with Crippen molar-refractivity contribution in [2.24, 2.45) is 0 Å². The van der Waals surface area contributed by atoms with Gasteiger partial charge >= 0.3 is 0 Å². The molecule has 0 saturated carbocycles. The Hall–Kier alpha value is -1.60. The summed E-state index contributed by atoms with van der Waals surface area (Å²) in [6.07, 6.45) is 2.21. The molecule has 0 amide bonds. The molecule has 1 N–H and O–H groups in total. The number of rotatable bonds is 3. The number of nitrogens with one attached hydrogen (secondary N) is 1. The molecular weight excluding hydrogens is 230 g/mol. The van der Waals surface area contributed by atoms with E-state index in [9.17, 15) is 0 Å². The van der Waals surface area contributed by atoms with Crippen LogP contribution >= 0.6 is 0 Å². The second kappa shape index (κ2) is 5.18. The Morgan fingerprint density at radius 2 is 1.53 bits per heavy atom. The summed E-state index contributed by atoms with van der Waals surface area (Å²) in [5.41, 5.74) is 5.81. The standard InChI is InChI=1S/C18H21N/c1-3-13(2)19-18-16-10-6-4-8-14(16)12-15-9-5-7-11-17(15)18/h4-11,13,18-19H,3,12H2,1-2H3. The van der Waals surface area contributed by atoms with Crippen LogP contribution in [0.4, 0.5) is 0 Å². The van der Waals surface area contributed by atoms with E-state index in [0.717, 1.165) is 12.8 Å². The van der Waals surface area contributed by atoms with E-state index >= 15 is 0 Å². The second-order valence-corrected chi connectivity index (χ2v) is 5.48. The fraction of sp³-hybridized carbons (Fsp3) is 0.333. The summed E-state index contributed by atoms with van der Waals surface area (Å²) in [4.78, 5) is 0. The highest BCUT2D eigenvalue weighted by Crippen LogP contribution is 2.35. The zero-order chi connectivity index (χ0) is 13.2. The smallest absolute Gasteiger partial charge is 0.0584 e. The van der Waals surface area contributed by atoms with Gasteiger partial charge in [0.2, 0.25) is 0 Å². The van der Waals surface area contributed by atoms with E-state index in [0.29, 0.717) is 12.1 Å². The normalized spacial score (nSPS) is 15.7. The van der Waals surface area contributed by atoms with Crippen molar-refractivity contribution in [3.63, 3.8) is 0 Å². The van der Waals surface area contributed by atoms with Crippen LogP contribution in [-0.2, 0) is 6.42 Å². The SMILES string of the molecule is CCC(C)NC1c2ccccc2Cc2ccccc21. The summed E-state index contributed by atoms with van der Waals surface area (Å²) in [5, 5.41) is 3.78. The van der Waals surface area contributed by atoms with E-state index in [1.54, 1.807) is 0 Å². The summed E-state index contributed by atoms with van der Waals surface area (Å²) in [6, 6.07) is 18.5. The van der Waals surface area contributed by atoms with Crippen LogP contribution in [0.3, 0.4) is 0 Å². The number of hydrogen-bond donors (Lipinski definition) is 1. The molecule has 19 heavy (non-hydrogen) atoms. The van der Waals surface area contributed by atoms with E-state index in [2.05, 4.69) is 67.7 Å². The lowest BCUT2D eigenvalue weighted by atomic mass is 9.82. The van der Waals surface area contributed by atoms with Crippen molar-refractivity contribution in [2.45, 2.75) is 38.8 Å². The van der Waals surface area contributed by atoms with E-state index < -0.39 is 0 Å². The third kappa shape index (κ3) is 2.31. The zero-order valence-corrected chi connectivity index (χ0v) is 11.7. The first-order valence-electron chi connectivity index (χ1n) is 7.21. The minimum atomic E-state index is 0.344. The van der Waals surface area contributed by atoms with Gasteiger partial charge in [-0.2, -0.15) is 0 Å². The van der Waals surface area contributed by atoms with Gasteiger partial charge in [0.15, 0.2) is 0 Å². The molecule has 1 unspecified atom stereocenters. The first-order valence-corrected chi connectivity index (χ1v) is 7.21. The van der Waals surface area contributed by atoms with Crippen LogP contribution in [0.5, 0.6) is 0 Å². The fourth-order valence-electron chi connectivity index (χ4n) is 2.91. The van der Waals surface area contributed by atoms with Crippen LogP contribution in [0.2, 0.25) is 0 Å². The lowest BCUT2D eigenvalue weighted by Crippen LogP contribution is -2.33. The predicted molar refractivity (Wildman–Crippen MR) is 80.4 cm³/mol. The van der Waals surface area contributed by atoms with E-state index in [1.165, 1.54) is 22.3 Å². The van der Waals surface area contributed by atoms with Gasteiger partial charge in [0, 0.05) is 6.04 Å². The highest BCUT2D eigenvalue weighted by Gasteiger charge is 2.25. The molecular formula is C18H21N. The van der Waals surface area contributed by atoms with Crippen LogP contribution in [0.25, 0.3) is 0 Å². The van der Waals surface area contributed by atoms with Gasteiger partial charge in [0.1, 0.15) is 0 Å². The van der Waals surface area contributed by atoms with Crippen molar-refractivity contribution in [1.82, 2.24) is 5.32 Å². The summed E-state index contributed by atoms with van der Waals surface area (Å²) in [6.45, 7) is 4.50. The van der Waals surface area contributed by atoms with Crippen molar-refractivity contribution >= 4 is 0 Å². The Balaban J connectivity index is 2.06. The molecule has 0 heterocycles. The molecule has 1 heteroatoms. The first-order chi connectivity index (χ1) is 9.29. The average Bonchev–Trinajstić information content (AvgIpc) is 2.46. The molecule has 3 rings (SSSR count). The highest BCUT2D eigenvalue weighted by molar-refractivity contribution is 5.48. The molecule has 0 spiro atoms. The summed E-state index contributed by atoms with van der Waals surface area (Å²) >= 11 is 0. The molecule has 0 radical (unpaired) electrons. The van der Waals surface area contributed by atoms with Gasteiger partial charge in [-0.05, 0) is 42.0 Å². The van der Waals surface area contributed by atoms with Crippen LogP contribution < -0.4 is 5.32 Å². The van der Waals surface area contributed by atoms with Crippen molar-refractivity contribution in [3.8, 4) is 0 Å². The molecule has 1 nitrogen and oxygen atoms in total. The third-order valence-corrected chi connectivity index (χ3v) is 4.18. The van der Waals surface area contributed by atoms with Crippen LogP contribution in [0.1, 0.15) is 48.6 Å². The lowest BCUT2D eigenvalue weighted by Gasteiger charge is -2.31. The maximum atomic E-state index is 3.78.